The van der Waals surface area contributed by atoms with E-state index in [0.29, 0.717) is 0 Å². The van der Waals surface area contributed by atoms with Crippen molar-refractivity contribution in [3.05, 3.63) is 60.4 Å². The first-order chi connectivity index (χ1) is 9.25. The Labute approximate surface area is 120 Å². The van der Waals surface area contributed by atoms with Crippen LogP contribution in [0.15, 0.2) is 59.8 Å². The summed E-state index contributed by atoms with van der Waals surface area (Å²) in [5.41, 5.74) is 5.59. The first kappa shape index (κ1) is 13.5. The first-order valence-corrected chi connectivity index (χ1v) is 6.69. The summed E-state index contributed by atoms with van der Waals surface area (Å²) in [6.07, 6.45) is 1.75. The van der Waals surface area contributed by atoms with Gasteiger partial charge >= 0.3 is 120 Å². The number of rotatable bonds is 5. The third-order valence-electron chi connectivity index (χ3n) is 2.39. The molecule has 0 saturated heterocycles. The van der Waals surface area contributed by atoms with Crippen LogP contribution in [-0.4, -0.2) is 30.9 Å². The maximum atomic E-state index is 4.26. The third-order valence-corrected chi connectivity index (χ3v) is 2.80. The molecule has 0 fully saturated rings. The van der Waals surface area contributed by atoms with E-state index < -0.39 is 0 Å². The molecule has 1 aromatic carbocycles. The van der Waals surface area contributed by atoms with Crippen molar-refractivity contribution in [2.75, 3.05) is 5.32 Å². The summed E-state index contributed by atoms with van der Waals surface area (Å²) in [5, 5.41) is 7.44. The minimum absolute atomic E-state index is 0.737. The summed E-state index contributed by atoms with van der Waals surface area (Å²) < 4.78 is 0.737. The first-order valence-electron chi connectivity index (χ1n) is 5.83. The molecule has 0 bridgehead atoms. The van der Waals surface area contributed by atoms with Gasteiger partial charge in [0, 0.05) is 0 Å². The molecule has 1 heterocycles. The monoisotopic (exact) mass is 318 g/mol. The van der Waals surface area contributed by atoms with Gasteiger partial charge in [0.25, 0.3) is 0 Å². The van der Waals surface area contributed by atoms with E-state index in [4.69, 9.17) is 0 Å². The fourth-order valence-electron chi connectivity index (χ4n) is 1.45. The molecule has 19 heavy (non-hydrogen) atoms. The Hall–Kier alpha value is -1.97. The molecule has 0 amide bonds. The van der Waals surface area contributed by atoms with Crippen LogP contribution in [0.3, 0.4) is 0 Å². The molecule has 0 spiro atoms. The van der Waals surface area contributed by atoms with Crippen LogP contribution in [0.4, 0.5) is 5.69 Å². The Balaban J connectivity index is 1.93. The van der Waals surface area contributed by atoms with Gasteiger partial charge in [-0.25, -0.2) is 0 Å². The number of hydrazone groups is 1. The fraction of sp³-hybridized carbons (Fsp3) is 0.0714. The second-order valence-corrected chi connectivity index (χ2v) is 4.70. The van der Waals surface area contributed by atoms with Gasteiger partial charge in [0.05, 0.1) is 0 Å². The van der Waals surface area contributed by atoms with E-state index in [9.17, 15) is 0 Å². The van der Waals surface area contributed by atoms with Gasteiger partial charge in [0.2, 0.25) is 0 Å². The zero-order valence-electron chi connectivity index (χ0n) is 10.5. The second-order valence-electron chi connectivity index (χ2n) is 3.84. The van der Waals surface area contributed by atoms with E-state index in [1.54, 1.807) is 6.20 Å². The quantitative estimate of drug-likeness (QED) is 0.502. The summed E-state index contributed by atoms with van der Waals surface area (Å²) in [6, 6.07) is 15.6. The number of para-hydroxylation sites is 1. The standard InChI is InChI=1S/C14H14N4Se/c1-11(13-9-5-6-10-15-13)17-18-14(19)16-12-7-3-2-4-8-12/h2-10H,1H3,(H2,16,18,19). The van der Waals surface area contributed by atoms with Crippen LogP contribution in [0.25, 0.3) is 0 Å². The Morgan fingerprint density at radius 3 is 2.53 bits per heavy atom. The average Bonchev–Trinajstić information content (AvgIpc) is 2.47. The van der Waals surface area contributed by atoms with Gasteiger partial charge in [-0.15, -0.1) is 0 Å². The maximum absolute atomic E-state index is 4.26. The third kappa shape index (κ3) is 4.32. The molecular weight excluding hydrogens is 303 g/mol. The predicted molar refractivity (Wildman–Crippen MR) is 80.4 cm³/mol. The summed E-state index contributed by atoms with van der Waals surface area (Å²) in [7, 11) is 0. The van der Waals surface area contributed by atoms with E-state index in [1.165, 1.54) is 0 Å². The normalized spacial score (nSPS) is 10.9. The number of hydrogen-bond donors (Lipinski definition) is 2. The fourth-order valence-corrected chi connectivity index (χ4v) is 1.79. The molecule has 96 valence electrons. The molecule has 0 aliphatic heterocycles. The van der Waals surface area contributed by atoms with E-state index in [0.717, 1.165) is 21.8 Å². The van der Waals surface area contributed by atoms with E-state index in [1.807, 2.05) is 55.5 Å². The van der Waals surface area contributed by atoms with Gasteiger partial charge in [0.15, 0.2) is 0 Å². The molecular formula is C14H14N4Se. The van der Waals surface area contributed by atoms with Crippen molar-refractivity contribution in [2.45, 2.75) is 6.92 Å². The van der Waals surface area contributed by atoms with Crippen LogP contribution in [0, 0.1) is 0 Å². The minimum atomic E-state index is 0.737. The van der Waals surface area contributed by atoms with Crippen LogP contribution >= 0.6 is 0 Å². The zero-order chi connectivity index (χ0) is 13.5. The molecule has 0 aliphatic rings. The molecule has 2 N–H and O–H groups in total. The molecule has 0 saturated carbocycles. The molecule has 1 aromatic heterocycles. The Morgan fingerprint density at radius 1 is 1.11 bits per heavy atom. The number of hydrogen-bond acceptors (Lipinski definition) is 4. The number of benzene rings is 1. The molecule has 2 rings (SSSR count). The number of pyridine rings is 1. The Kier molecular flexibility index (Phi) is 4.84. The van der Waals surface area contributed by atoms with E-state index in [2.05, 4.69) is 36.4 Å². The van der Waals surface area contributed by atoms with Crippen molar-refractivity contribution in [3.63, 3.8) is 0 Å². The van der Waals surface area contributed by atoms with Gasteiger partial charge in [-0.1, -0.05) is 0 Å². The number of aromatic nitrogens is 1. The van der Waals surface area contributed by atoms with E-state index >= 15 is 0 Å². The van der Waals surface area contributed by atoms with Crippen molar-refractivity contribution < 1.29 is 0 Å². The number of nitrogens with zero attached hydrogens (tertiary/aromatic N) is 2. The average molecular weight is 317 g/mol. The molecule has 4 nitrogen and oxygen atoms in total. The van der Waals surface area contributed by atoms with Gasteiger partial charge in [-0.3, -0.25) is 0 Å². The van der Waals surface area contributed by atoms with Gasteiger partial charge in [-0.05, 0) is 0 Å². The molecule has 0 radical (unpaired) electrons. The topological polar surface area (TPSA) is 49.3 Å². The molecule has 0 unspecified atom stereocenters. The summed E-state index contributed by atoms with van der Waals surface area (Å²) >= 11 is 2.90. The van der Waals surface area contributed by atoms with Crippen molar-refractivity contribution in [1.82, 2.24) is 10.4 Å². The molecule has 2 aromatic rings. The molecule has 5 heteroatoms. The number of nitrogens with one attached hydrogen (secondary N) is 2. The summed E-state index contributed by atoms with van der Waals surface area (Å²) in [6.45, 7) is 1.91. The van der Waals surface area contributed by atoms with E-state index in [-0.39, 0.29) is 0 Å². The predicted octanol–water partition coefficient (Wildman–Crippen LogP) is 1.76. The van der Waals surface area contributed by atoms with Crippen LogP contribution in [0.2, 0.25) is 0 Å². The molecule has 0 atom stereocenters. The van der Waals surface area contributed by atoms with Gasteiger partial charge < -0.3 is 0 Å². The van der Waals surface area contributed by atoms with Crippen molar-refractivity contribution in [3.8, 4) is 0 Å². The SMILES string of the molecule is CC(=NNC(=[Se])Nc1ccccc1)c1ccccn1. The summed E-state index contributed by atoms with van der Waals surface area (Å²) in [4.78, 5) is 4.23. The van der Waals surface area contributed by atoms with Crippen molar-refractivity contribution >= 4 is 31.6 Å². The summed E-state index contributed by atoms with van der Waals surface area (Å²) in [5.74, 6) is 0. The van der Waals surface area contributed by atoms with Crippen LogP contribution in [0.1, 0.15) is 12.6 Å². The van der Waals surface area contributed by atoms with Crippen LogP contribution in [-0.2, 0) is 0 Å². The van der Waals surface area contributed by atoms with Crippen LogP contribution in [0.5, 0.6) is 0 Å². The second kappa shape index (κ2) is 6.83. The van der Waals surface area contributed by atoms with Gasteiger partial charge in [-0.2, -0.15) is 0 Å². The van der Waals surface area contributed by atoms with Crippen molar-refractivity contribution in [1.29, 1.82) is 0 Å². The zero-order valence-corrected chi connectivity index (χ0v) is 12.2. The molecule has 0 aliphatic carbocycles. The number of anilines is 1. The van der Waals surface area contributed by atoms with Gasteiger partial charge in [0.1, 0.15) is 0 Å². The van der Waals surface area contributed by atoms with Crippen LogP contribution < -0.4 is 10.7 Å². The Bertz CT molecular complexity index is 567. The Morgan fingerprint density at radius 2 is 1.84 bits per heavy atom. The van der Waals surface area contributed by atoms with Crippen molar-refractivity contribution in [2.24, 2.45) is 5.10 Å².